The topological polar surface area (TPSA) is 62.2 Å². The number of pyridine rings is 1. The maximum absolute atomic E-state index is 12.3. The number of carbonyl (C=O) groups is 1. The first-order chi connectivity index (χ1) is 13.9. The van der Waals surface area contributed by atoms with Crippen LogP contribution in [0.5, 0.6) is 0 Å². The molecule has 0 aliphatic heterocycles. The van der Waals surface area contributed by atoms with Crippen molar-refractivity contribution in [2.45, 2.75) is 46.8 Å². The zero-order valence-corrected chi connectivity index (χ0v) is 18.0. The quantitative estimate of drug-likeness (QED) is 0.445. The zero-order valence-electron chi connectivity index (χ0n) is 18.0. The molecule has 1 saturated carbocycles. The third-order valence-electron chi connectivity index (χ3n) is 6.79. The summed E-state index contributed by atoms with van der Waals surface area (Å²) in [6.45, 7) is 8.91. The number of fused-ring (bicyclic) bond motifs is 1. The van der Waals surface area contributed by atoms with Crippen molar-refractivity contribution in [2.24, 2.45) is 35.5 Å². The molecule has 0 aromatic carbocycles. The fourth-order valence-corrected chi connectivity index (χ4v) is 5.03. The van der Waals surface area contributed by atoms with Crippen molar-refractivity contribution in [3.8, 4) is 0 Å². The summed E-state index contributed by atoms with van der Waals surface area (Å²) in [4.78, 5) is 16.4. The van der Waals surface area contributed by atoms with E-state index in [0.29, 0.717) is 41.7 Å². The molecule has 1 heterocycles. The molecular formula is C25H34N2O2. The van der Waals surface area contributed by atoms with Crippen LogP contribution in [-0.2, 0) is 11.3 Å². The Morgan fingerprint density at radius 3 is 2.83 bits per heavy atom. The fourth-order valence-electron chi connectivity index (χ4n) is 5.03. The first-order valence-electron chi connectivity index (χ1n) is 10.8. The number of hydrogen-bond donors (Lipinski definition) is 2. The van der Waals surface area contributed by atoms with Gasteiger partial charge in [-0.25, -0.2) is 0 Å². The lowest BCUT2D eigenvalue weighted by Gasteiger charge is -2.48. The first kappa shape index (κ1) is 21.5. The summed E-state index contributed by atoms with van der Waals surface area (Å²) in [7, 11) is 0. The van der Waals surface area contributed by atoms with E-state index in [1.807, 2.05) is 31.2 Å². The van der Waals surface area contributed by atoms with Gasteiger partial charge in [-0.15, -0.1) is 0 Å². The van der Waals surface area contributed by atoms with Crippen LogP contribution in [-0.4, -0.2) is 22.1 Å². The van der Waals surface area contributed by atoms with Crippen LogP contribution in [0.25, 0.3) is 0 Å². The van der Waals surface area contributed by atoms with Gasteiger partial charge in [-0.2, -0.15) is 0 Å². The lowest BCUT2D eigenvalue weighted by Crippen LogP contribution is -2.46. The highest BCUT2D eigenvalue weighted by molar-refractivity contribution is 5.93. The molecule has 3 rings (SSSR count). The van der Waals surface area contributed by atoms with E-state index in [0.717, 1.165) is 12.0 Å². The van der Waals surface area contributed by atoms with Crippen molar-refractivity contribution in [2.75, 3.05) is 0 Å². The second-order valence-electron chi connectivity index (χ2n) is 8.90. The molecule has 0 radical (unpaired) electrons. The summed E-state index contributed by atoms with van der Waals surface area (Å²) in [5, 5.41) is 13.5. The number of aliphatic hydroxyl groups is 1. The summed E-state index contributed by atoms with van der Waals surface area (Å²) in [5.74, 6) is 2.35. The highest BCUT2D eigenvalue weighted by atomic mass is 16.3. The molecule has 1 aromatic heterocycles. The lowest BCUT2D eigenvalue weighted by molar-refractivity contribution is -0.117. The van der Waals surface area contributed by atoms with Crippen LogP contribution in [0.2, 0.25) is 0 Å². The second-order valence-corrected chi connectivity index (χ2v) is 8.90. The number of aromatic nitrogens is 1. The first-order valence-corrected chi connectivity index (χ1v) is 10.8. The molecule has 29 heavy (non-hydrogen) atoms. The summed E-state index contributed by atoms with van der Waals surface area (Å²) in [6.07, 6.45) is 15.1. The monoisotopic (exact) mass is 394 g/mol. The number of nitrogens with one attached hydrogen (secondary N) is 1. The number of hydrogen-bond acceptors (Lipinski definition) is 3. The van der Waals surface area contributed by atoms with Crippen molar-refractivity contribution in [1.29, 1.82) is 0 Å². The highest BCUT2D eigenvalue weighted by Gasteiger charge is 2.44. The lowest BCUT2D eigenvalue weighted by atomic mass is 9.58. The van der Waals surface area contributed by atoms with Crippen LogP contribution in [0.3, 0.4) is 0 Å². The summed E-state index contributed by atoms with van der Waals surface area (Å²) < 4.78 is 0. The maximum atomic E-state index is 12.3. The minimum absolute atomic E-state index is 0.0664. The number of carbonyl (C=O) groups excluding carboxylic acids is 1. The maximum Gasteiger partial charge on any atom is 0.247 e. The van der Waals surface area contributed by atoms with Crippen LogP contribution in [0.4, 0.5) is 0 Å². The Hall–Kier alpha value is -2.20. The van der Waals surface area contributed by atoms with E-state index in [4.69, 9.17) is 0 Å². The molecule has 4 nitrogen and oxygen atoms in total. The molecule has 0 unspecified atom stereocenters. The molecule has 0 saturated heterocycles. The van der Waals surface area contributed by atoms with E-state index >= 15 is 0 Å². The van der Waals surface area contributed by atoms with Crippen LogP contribution >= 0.6 is 0 Å². The Morgan fingerprint density at radius 2 is 2.10 bits per heavy atom. The minimum Gasteiger partial charge on any atom is -0.393 e. The van der Waals surface area contributed by atoms with Crippen molar-refractivity contribution >= 4 is 5.91 Å². The Morgan fingerprint density at radius 1 is 1.31 bits per heavy atom. The van der Waals surface area contributed by atoms with Crippen LogP contribution in [0, 0.1) is 35.5 Å². The minimum atomic E-state index is -0.235. The molecule has 2 N–H and O–H groups in total. The second kappa shape index (κ2) is 9.53. The summed E-state index contributed by atoms with van der Waals surface area (Å²) in [5.41, 5.74) is 1.67. The van der Waals surface area contributed by atoms with Gasteiger partial charge >= 0.3 is 0 Å². The van der Waals surface area contributed by atoms with E-state index in [9.17, 15) is 9.90 Å². The average molecular weight is 395 g/mol. The Balaban J connectivity index is 1.64. The van der Waals surface area contributed by atoms with Gasteiger partial charge in [-0.3, -0.25) is 9.78 Å². The fraction of sp³-hybridized carbons (Fsp3) is 0.520. The molecule has 1 aromatic rings. The molecule has 0 spiro atoms. The van der Waals surface area contributed by atoms with Crippen molar-refractivity contribution in [3.63, 3.8) is 0 Å². The molecule has 0 bridgehead atoms. The molecule has 1 fully saturated rings. The SMILES string of the molecule is C/C(=C\C=C\[C@@H]1[C@H]2[C@H](C)[C@@H](O)[C@H](C)C[C@H]2C=C[C@H]1C)C(=O)NCc1cccnc1. The summed E-state index contributed by atoms with van der Waals surface area (Å²) >= 11 is 0. The van der Waals surface area contributed by atoms with Crippen LogP contribution in [0.15, 0.2) is 60.5 Å². The number of rotatable bonds is 5. The third kappa shape index (κ3) is 5.05. The normalized spacial score (nSPS) is 34.8. The van der Waals surface area contributed by atoms with Gasteiger partial charge in [-0.05, 0) is 60.5 Å². The largest absolute Gasteiger partial charge is 0.393 e. The zero-order chi connectivity index (χ0) is 21.0. The molecule has 4 heteroatoms. The molecule has 1 amide bonds. The molecular weight excluding hydrogens is 360 g/mol. The number of aliphatic hydroxyl groups excluding tert-OH is 1. The number of nitrogens with zero attached hydrogens (tertiary/aromatic N) is 1. The van der Waals surface area contributed by atoms with E-state index in [1.54, 1.807) is 12.4 Å². The average Bonchev–Trinajstić information content (AvgIpc) is 2.72. The highest BCUT2D eigenvalue weighted by Crippen LogP contribution is 2.48. The Bertz CT molecular complexity index is 783. The van der Waals surface area contributed by atoms with E-state index in [2.05, 4.69) is 49.3 Å². The van der Waals surface area contributed by atoms with Crippen molar-refractivity contribution in [1.82, 2.24) is 10.3 Å². The van der Waals surface area contributed by atoms with Gasteiger partial charge in [0.25, 0.3) is 0 Å². The molecule has 2 aliphatic rings. The van der Waals surface area contributed by atoms with Gasteiger partial charge in [0.05, 0.1) is 6.10 Å². The van der Waals surface area contributed by atoms with Gasteiger partial charge in [0.2, 0.25) is 5.91 Å². The van der Waals surface area contributed by atoms with Crippen LogP contribution in [0.1, 0.15) is 39.7 Å². The Kier molecular flexibility index (Phi) is 7.07. The summed E-state index contributed by atoms with van der Waals surface area (Å²) in [6, 6.07) is 3.81. The van der Waals surface area contributed by atoms with E-state index < -0.39 is 0 Å². The number of amides is 1. The third-order valence-corrected chi connectivity index (χ3v) is 6.79. The smallest absolute Gasteiger partial charge is 0.247 e. The van der Waals surface area contributed by atoms with Gasteiger partial charge < -0.3 is 10.4 Å². The van der Waals surface area contributed by atoms with Gasteiger partial charge in [0.15, 0.2) is 0 Å². The predicted octanol–water partition coefficient (Wildman–Crippen LogP) is 4.29. The van der Waals surface area contributed by atoms with Gasteiger partial charge in [0, 0.05) is 24.5 Å². The van der Waals surface area contributed by atoms with Gasteiger partial charge in [0.1, 0.15) is 0 Å². The predicted molar refractivity (Wildman–Crippen MR) is 117 cm³/mol. The van der Waals surface area contributed by atoms with Crippen molar-refractivity contribution < 1.29 is 9.90 Å². The molecule has 2 aliphatic carbocycles. The molecule has 7 atom stereocenters. The molecule has 156 valence electrons. The Labute approximate surface area is 174 Å². The van der Waals surface area contributed by atoms with Crippen LogP contribution < -0.4 is 5.32 Å². The van der Waals surface area contributed by atoms with Gasteiger partial charge in [-0.1, -0.05) is 57.2 Å². The van der Waals surface area contributed by atoms with Crippen molar-refractivity contribution in [3.05, 3.63) is 66.0 Å². The number of allylic oxidation sites excluding steroid dienone is 5. The van der Waals surface area contributed by atoms with E-state index in [-0.39, 0.29) is 17.9 Å². The standard InChI is InChI=1S/C25H34N2O2/c1-16-10-11-21-13-18(3)24(28)19(4)23(21)22(16)9-5-7-17(2)25(29)27-15-20-8-6-12-26-14-20/h5-12,14,16,18-19,21-24,28H,13,15H2,1-4H3,(H,27,29)/b9-5+,17-7+/t16-,18-,19+,21-,22+,23+,24+/m1/s1. The van der Waals surface area contributed by atoms with E-state index in [1.165, 1.54) is 0 Å².